The summed E-state index contributed by atoms with van der Waals surface area (Å²) in [6.07, 6.45) is 4.06. The van der Waals surface area contributed by atoms with Crippen LogP contribution < -0.4 is 4.74 Å². The molecule has 3 rings (SSSR count). The molecule has 4 heteroatoms. The minimum atomic E-state index is 0.786. The van der Waals surface area contributed by atoms with Crippen molar-refractivity contribution in [3.05, 3.63) is 28.7 Å². The van der Waals surface area contributed by atoms with E-state index in [1.807, 2.05) is 24.3 Å². The first-order chi connectivity index (χ1) is 9.81. The average Bonchev–Trinajstić information content (AvgIpc) is 2.80. The van der Waals surface area contributed by atoms with E-state index in [0.717, 1.165) is 29.4 Å². The van der Waals surface area contributed by atoms with Crippen molar-refractivity contribution in [3.63, 3.8) is 0 Å². The summed E-state index contributed by atoms with van der Waals surface area (Å²) in [6, 6.07) is 8.89. The van der Waals surface area contributed by atoms with E-state index in [0.29, 0.717) is 0 Å². The molecule has 110 valence electrons. The lowest BCUT2D eigenvalue weighted by Gasteiger charge is -2.25. The van der Waals surface area contributed by atoms with Gasteiger partial charge in [0.05, 0.1) is 0 Å². The van der Waals surface area contributed by atoms with E-state index in [1.165, 1.54) is 45.4 Å². The van der Waals surface area contributed by atoms with Crippen LogP contribution in [-0.2, 0) is 0 Å². The van der Waals surface area contributed by atoms with Crippen LogP contribution >= 0.6 is 15.9 Å². The number of fused-ring (bicyclic) bond motifs is 1. The summed E-state index contributed by atoms with van der Waals surface area (Å²) in [4.78, 5) is 5.25. The largest absolute Gasteiger partial charge is 0.492 e. The van der Waals surface area contributed by atoms with Gasteiger partial charge in [-0.2, -0.15) is 0 Å². The lowest BCUT2D eigenvalue weighted by atomic mass is 10.2. The summed E-state index contributed by atoms with van der Waals surface area (Å²) in [5, 5.41) is 0. The van der Waals surface area contributed by atoms with Gasteiger partial charge in [-0.3, -0.25) is 9.80 Å². The summed E-state index contributed by atoms with van der Waals surface area (Å²) < 4.78 is 6.94. The van der Waals surface area contributed by atoms with E-state index in [-0.39, 0.29) is 0 Å². The molecule has 0 amide bonds. The molecule has 0 aliphatic carbocycles. The molecule has 0 aromatic heterocycles. The van der Waals surface area contributed by atoms with E-state index in [2.05, 4.69) is 25.7 Å². The second-order valence-electron chi connectivity index (χ2n) is 5.79. The second-order valence-corrected chi connectivity index (χ2v) is 6.70. The highest BCUT2D eigenvalue weighted by molar-refractivity contribution is 9.10. The van der Waals surface area contributed by atoms with Gasteiger partial charge in [0, 0.05) is 23.6 Å². The zero-order valence-corrected chi connectivity index (χ0v) is 13.5. The Hall–Kier alpha value is -0.580. The van der Waals surface area contributed by atoms with Gasteiger partial charge in [-0.05, 0) is 63.2 Å². The van der Waals surface area contributed by atoms with Crippen molar-refractivity contribution in [2.75, 3.05) is 39.3 Å². The number of halogens is 1. The highest BCUT2D eigenvalue weighted by Gasteiger charge is 2.28. The van der Waals surface area contributed by atoms with Crippen LogP contribution in [0.15, 0.2) is 28.7 Å². The van der Waals surface area contributed by atoms with Gasteiger partial charge in [0.15, 0.2) is 0 Å². The Balaban J connectivity index is 1.44. The minimum absolute atomic E-state index is 0.786. The molecule has 0 bridgehead atoms. The quantitative estimate of drug-likeness (QED) is 0.839. The zero-order chi connectivity index (χ0) is 13.8. The normalized spacial score (nSPS) is 24.4. The average molecular weight is 339 g/mol. The van der Waals surface area contributed by atoms with Crippen LogP contribution in [0.5, 0.6) is 5.75 Å². The van der Waals surface area contributed by atoms with Crippen molar-refractivity contribution in [1.82, 2.24) is 9.80 Å². The Labute approximate surface area is 130 Å². The van der Waals surface area contributed by atoms with Gasteiger partial charge < -0.3 is 4.74 Å². The third-order valence-corrected chi connectivity index (χ3v) is 4.91. The van der Waals surface area contributed by atoms with E-state index >= 15 is 0 Å². The third kappa shape index (κ3) is 3.74. The van der Waals surface area contributed by atoms with Crippen LogP contribution in [-0.4, -0.2) is 55.2 Å². The summed E-state index contributed by atoms with van der Waals surface area (Å²) in [7, 11) is 0. The first kappa shape index (κ1) is 14.4. The highest BCUT2D eigenvalue weighted by Crippen LogP contribution is 2.21. The van der Waals surface area contributed by atoms with Gasteiger partial charge in [0.25, 0.3) is 0 Å². The molecule has 0 radical (unpaired) electrons. The number of rotatable bonds is 4. The molecule has 2 heterocycles. The molecular weight excluding hydrogens is 316 g/mol. The molecule has 2 aliphatic heterocycles. The van der Waals surface area contributed by atoms with E-state index in [4.69, 9.17) is 4.74 Å². The molecule has 3 nitrogen and oxygen atoms in total. The first-order valence-corrected chi connectivity index (χ1v) is 8.45. The monoisotopic (exact) mass is 338 g/mol. The number of ether oxygens (including phenoxy) is 1. The number of hydrogen-bond acceptors (Lipinski definition) is 3. The lowest BCUT2D eigenvalue weighted by molar-refractivity contribution is 0.188. The molecule has 1 aromatic carbocycles. The smallest absolute Gasteiger partial charge is 0.119 e. The molecule has 20 heavy (non-hydrogen) atoms. The van der Waals surface area contributed by atoms with Gasteiger partial charge in [0.2, 0.25) is 0 Å². The SMILES string of the molecule is Brc1ccc(OCCN2CCCN3CCC[C@@H]3C2)cc1. The van der Waals surface area contributed by atoms with E-state index in [9.17, 15) is 0 Å². The molecule has 0 saturated carbocycles. The maximum atomic E-state index is 5.84. The van der Waals surface area contributed by atoms with Crippen molar-refractivity contribution in [1.29, 1.82) is 0 Å². The molecule has 1 atom stereocenters. The molecular formula is C16H23BrN2O. The van der Waals surface area contributed by atoms with Crippen molar-refractivity contribution in [2.45, 2.75) is 25.3 Å². The predicted octanol–water partition coefficient (Wildman–Crippen LogP) is 3.00. The van der Waals surface area contributed by atoms with Crippen LogP contribution in [0.1, 0.15) is 19.3 Å². The highest BCUT2D eigenvalue weighted by atomic mass is 79.9. The van der Waals surface area contributed by atoms with Crippen LogP contribution in [0.3, 0.4) is 0 Å². The van der Waals surface area contributed by atoms with Crippen molar-refractivity contribution in [2.24, 2.45) is 0 Å². The van der Waals surface area contributed by atoms with Gasteiger partial charge in [-0.25, -0.2) is 0 Å². The van der Waals surface area contributed by atoms with Gasteiger partial charge in [-0.1, -0.05) is 15.9 Å². The summed E-state index contributed by atoms with van der Waals surface area (Å²) in [5.74, 6) is 0.963. The van der Waals surface area contributed by atoms with Crippen LogP contribution in [0.25, 0.3) is 0 Å². The number of benzene rings is 1. The van der Waals surface area contributed by atoms with Gasteiger partial charge in [0.1, 0.15) is 12.4 Å². The Bertz CT molecular complexity index is 423. The van der Waals surface area contributed by atoms with Crippen LogP contribution in [0.4, 0.5) is 0 Å². The maximum Gasteiger partial charge on any atom is 0.119 e. The van der Waals surface area contributed by atoms with Crippen molar-refractivity contribution < 1.29 is 4.74 Å². The Morgan fingerprint density at radius 1 is 1.10 bits per heavy atom. The molecule has 0 spiro atoms. The Kier molecular flexibility index (Phi) is 4.97. The second kappa shape index (κ2) is 6.92. The first-order valence-electron chi connectivity index (χ1n) is 7.66. The summed E-state index contributed by atoms with van der Waals surface area (Å²) >= 11 is 3.44. The Morgan fingerprint density at radius 3 is 2.75 bits per heavy atom. The van der Waals surface area contributed by atoms with Crippen LogP contribution in [0, 0.1) is 0 Å². The van der Waals surface area contributed by atoms with Crippen molar-refractivity contribution >= 4 is 15.9 Å². The van der Waals surface area contributed by atoms with Crippen LogP contribution in [0.2, 0.25) is 0 Å². The summed E-state index contributed by atoms with van der Waals surface area (Å²) in [5.41, 5.74) is 0. The molecule has 2 aliphatic rings. The summed E-state index contributed by atoms with van der Waals surface area (Å²) in [6.45, 7) is 6.87. The molecule has 2 fully saturated rings. The predicted molar refractivity (Wildman–Crippen MR) is 85.3 cm³/mol. The maximum absolute atomic E-state index is 5.84. The Morgan fingerprint density at radius 2 is 1.90 bits per heavy atom. The fourth-order valence-corrected chi connectivity index (χ4v) is 3.57. The molecule has 2 saturated heterocycles. The number of nitrogens with zero attached hydrogens (tertiary/aromatic N) is 2. The lowest BCUT2D eigenvalue weighted by Crippen LogP contribution is -2.38. The molecule has 0 N–H and O–H groups in total. The third-order valence-electron chi connectivity index (χ3n) is 4.38. The number of hydrogen-bond donors (Lipinski definition) is 0. The molecule has 1 aromatic rings. The molecule has 0 unspecified atom stereocenters. The topological polar surface area (TPSA) is 15.7 Å². The van der Waals surface area contributed by atoms with Gasteiger partial charge in [-0.15, -0.1) is 0 Å². The van der Waals surface area contributed by atoms with Gasteiger partial charge >= 0.3 is 0 Å². The fraction of sp³-hybridized carbons (Fsp3) is 0.625. The zero-order valence-electron chi connectivity index (χ0n) is 11.9. The van der Waals surface area contributed by atoms with Crippen molar-refractivity contribution in [3.8, 4) is 5.75 Å². The van der Waals surface area contributed by atoms with E-state index in [1.54, 1.807) is 0 Å². The minimum Gasteiger partial charge on any atom is -0.492 e. The van der Waals surface area contributed by atoms with E-state index < -0.39 is 0 Å². The fourth-order valence-electron chi connectivity index (χ4n) is 3.31. The standard InChI is InChI=1S/C16H23BrN2O/c17-14-4-6-16(7-5-14)20-12-11-18-8-2-10-19-9-1-3-15(19)13-18/h4-7,15H,1-3,8-13H2/t15-/m1/s1.